The topological polar surface area (TPSA) is 41.1 Å². The van der Waals surface area contributed by atoms with Crippen LogP contribution in [-0.4, -0.2) is 19.0 Å². The van der Waals surface area contributed by atoms with E-state index >= 15 is 0 Å². The van der Waals surface area contributed by atoms with Gasteiger partial charge in [0.15, 0.2) is 0 Å². The lowest BCUT2D eigenvalue weighted by Gasteiger charge is -2.25. The van der Waals surface area contributed by atoms with Gasteiger partial charge in [0.2, 0.25) is 5.91 Å². The minimum absolute atomic E-state index is 0.0355. The Bertz CT molecular complexity index is 344. The van der Waals surface area contributed by atoms with Crippen LogP contribution in [0.15, 0.2) is 24.3 Å². The first kappa shape index (κ1) is 9.49. The molecule has 3 nitrogen and oxygen atoms in total. The lowest BCUT2D eigenvalue weighted by molar-refractivity contribution is -0.121. The number of halogens is 1. The van der Waals surface area contributed by atoms with Gasteiger partial charge in [-0.3, -0.25) is 10.1 Å². The average molecular weight is 211 g/mol. The van der Waals surface area contributed by atoms with Crippen molar-refractivity contribution in [2.24, 2.45) is 0 Å². The molecule has 0 aliphatic carbocycles. The van der Waals surface area contributed by atoms with Gasteiger partial charge in [0.05, 0.1) is 12.6 Å². The van der Waals surface area contributed by atoms with Crippen molar-refractivity contribution in [1.82, 2.24) is 10.6 Å². The molecule has 0 bridgehead atoms. The number of amides is 1. The molecule has 2 N–H and O–H groups in total. The third-order valence-electron chi connectivity index (χ3n) is 2.29. The average Bonchev–Trinajstić information content (AvgIpc) is 2.20. The molecule has 14 heavy (non-hydrogen) atoms. The number of nitrogens with one attached hydrogen (secondary N) is 2. The lowest BCUT2D eigenvalue weighted by Crippen LogP contribution is -2.46. The summed E-state index contributed by atoms with van der Waals surface area (Å²) in [5, 5.41) is 6.66. The van der Waals surface area contributed by atoms with Crippen LogP contribution >= 0.6 is 11.6 Å². The van der Waals surface area contributed by atoms with Crippen LogP contribution in [0.25, 0.3) is 0 Å². The van der Waals surface area contributed by atoms with Crippen LogP contribution < -0.4 is 10.6 Å². The number of carbonyl (C=O) groups is 1. The molecule has 0 aromatic heterocycles. The fraction of sp³-hybridized carbons (Fsp3) is 0.300. The van der Waals surface area contributed by atoms with Crippen molar-refractivity contribution in [3.8, 4) is 0 Å². The molecule has 2 rings (SSSR count). The lowest BCUT2D eigenvalue weighted by atomic mass is 10.1. The zero-order valence-corrected chi connectivity index (χ0v) is 8.34. The summed E-state index contributed by atoms with van der Waals surface area (Å²) < 4.78 is 0. The van der Waals surface area contributed by atoms with E-state index in [9.17, 15) is 4.79 Å². The Morgan fingerprint density at radius 3 is 2.79 bits per heavy atom. The summed E-state index contributed by atoms with van der Waals surface area (Å²) in [5.41, 5.74) is 1.04. The predicted octanol–water partition coefficient (Wildman–Crippen LogP) is 1.10. The SMILES string of the molecule is O=C1CNC(c2ccccc2Cl)CN1. The molecule has 1 unspecified atom stereocenters. The first-order chi connectivity index (χ1) is 6.77. The summed E-state index contributed by atoms with van der Waals surface area (Å²) in [6, 6.07) is 7.79. The van der Waals surface area contributed by atoms with Crippen LogP contribution in [-0.2, 0) is 4.79 Å². The van der Waals surface area contributed by atoms with Crippen molar-refractivity contribution in [3.05, 3.63) is 34.9 Å². The Balaban J connectivity index is 2.16. The van der Waals surface area contributed by atoms with Crippen LogP contribution in [0.2, 0.25) is 5.02 Å². The molecule has 1 fully saturated rings. The van der Waals surface area contributed by atoms with Crippen molar-refractivity contribution in [1.29, 1.82) is 0 Å². The van der Waals surface area contributed by atoms with Crippen molar-refractivity contribution in [2.75, 3.05) is 13.1 Å². The van der Waals surface area contributed by atoms with Gasteiger partial charge in [-0.2, -0.15) is 0 Å². The number of hydrogen-bond acceptors (Lipinski definition) is 2. The molecular formula is C10H11ClN2O. The van der Waals surface area contributed by atoms with E-state index in [0.717, 1.165) is 10.6 Å². The number of hydrogen-bond donors (Lipinski definition) is 2. The highest BCUT2D eigenvalue weighted by molar-refractivity contribution is 6.31. The minimum atomic E-state index is 0.0355. The molecule has 1 heterocycles. The van der Waals surface area contributed by atoms with Crippen LogP contribution in [0.3, 0.4) is 0 Å². The number of piperazine rings is 1. The minimum Gasteiger partial charge on any atom is -0.353 e. The summed E-state index contributed by atoms with van der Waals surface area (Å²) in [4.78, 5) is 10.9. The highest BCUT2D eigenvalue weighted by Crippen LogP contribution is 2.22. The molecule has 1 atom stereocenters. The van der Waals surface area contributed by atoms with Gasteiger partial charge >= 0.3 is 0 Å². The number of benzene rings is 1. The van der Waals surface area contributed by atoms with Gasteiger partial charge < -0.3 is 5.32 Å². The van der Waals surface area contributed by atoms with E-state index in [2.05, 4.69) is 10.6 Å². The largest absolute Gasteiger partial charge is 0.353 e. The van der Waals surface area contributed by atoms with Gasteiger partial charge in [-0.25, -0.2) is 0 Å². The Hall–Kier alpha value is -1.06. The predicted molar refractivity (Wildman–Crippen MR) is 55.2 cm³/mol. The van der Waals surface area contributed by atoms with Crippen molar-refractivity contribution in [3.63, 3.8) is 0 Å². The second kappa shape index (κ2) is 3.98. The Kier molecular flexibility index (Phi) is 2.70. The van der Waals surface area contributed by atoms with E-state index in [4.69, 9.17) is 11.6 Å². The molecule has 1 amide bonds. The molecule has 1 aliphatic rings. The fourth-order valence-electron chi connectivity index (χ4n) is 1.54. The molecule has 0 saturated carbocycles. The number of rotatable bonds is 1. The molecule has 1 aromatic rings. The zero-order valence-electron chi connectivity index (χ0n) is 7.59. The van der Waals surface area contributed by atoms with Gasteiger partial charge in [0.1, 0.15) is 0 Å². The maximum Gasteiger partial charge on any atom is 0.234 e. The summed E-state index contributed by atoms with van der Waals surface area (Å²) in [5.74, 6) is 0.0355. The van der Waals surface area contributed by atoms with E-state index in [1.165, 1.54) is 0 Å². The first-order valence-corrected chi connectivity index (χ1v) is 4.89. The van der Waals surface area contributed by atoms with E-state index in [-0.39, 0.29) is 11.9 Å². The van der Waals surface area contributed by atoms with E-state index in [1.807, 2.05) is 24.3 Å². The molecule has 1 saturated heterocycles. The van der Waals surface area contributed by atoms with Gasteiger partial charge in [-0.15, -0.1) is 0 Å². The zero-order chi connectivity index (χ0) is 9.97. The smallest absolute Gasteiger partial charge is 0.234 e. The highest BCUT2D eigenvalue weighted by Gasteiger charge is 2.19. The second-order valence-corrected chi connectivity index (χ2v) is 3.67. The van der Waals surface area contributed by atoms with E-state index in [0.29, 0.717) is 13.1 Å². The summed E-state index contributed by atoms with van der Waals surface area (Å²) in [6.45, 7) is 0.957. The van der Waals surface area contributed by atoms with Crippen LogP contribution in [0.1, 0.15) is 11.6 Å². The maximum atomic E-state index is 10.9. The standard InChI is InChI=1S/C10H11ClN2O/c11-8-4-2-1-3-7(8)9-5-13-10(14)6-12-9/h1-4,9,12H,5-6H2,(H,13,14). The van der Waals surface area contributed by atoms with Crippen LogP contribution in [0.4, 0.5) is 0 Å². The Morgan fingerprint density at radius 1 is 1.36 bits per heavy atom. The van der Waals surface area contributed by atoms with Crippen molar-refractivity contribution in [2.45, 2.75) is 6.04 Å². The third-order valence-corrected chi connectivity index (χ3v) is 2.64. The van der Waals surface area contributed by atoms with Crippen molar-refractivity contribution >= 4 is 17.5 Å². The van der Waals surface area contributed by atoms with Crippen LogP contribution in [0.5, 0.6) is 0 Å². The Morgan fingerprint density at radius 2 is 2.14 bits per heavy atom. The number of carbonyl (C=O) groups excluding carboxylic acids is 1. The van der Waals surface area contributed by atoms with Crippen molar-refractivity contribution < 1.29 is 4.79 Å². The molecule has 1 aliphatic heterocycles. The molecule has 0 spiro atoms. The molecule has 4 heteroatoms. The molecule has 1 aromatic carbocycles. The third kappa shape index (κ3) is 1.89. The summed E-state index contributed by atoms with van der Waals surface area (Å²) in [7, 11) is 0. The summed E-state index contributed by atoms with van der Waals surface area (Å²) >= 11 is 6.04. The molecular weight excluding hydrogens is 200 g/mol. The monoisotopic (exact) mass is 210 g/mol. The molecule has 74 valence electrons. The summed E-state index contributed by atoms with van der Waals surface area (Å²) in [6.07, 6.45) is 0. The van der Waals surface area contributed by atoms with Crippen LogP contribution in [0, 0.1) is 0 Å². The fourth-order valence-corrected chi connectivity index (χ4v) is 1.81. The quantitative estimate of drug-likeness (QED) is 0.729. The van der Waals surface area contributed by atoms with Gasteiger partial charge in [-0.1, -0.05) is 29.8 Å². The first-order valence-electron chi connectivity index (χ1n) is 4.52. The Labute approximate surface area is 87.4 Å². The van der Waals surface area contributed by atoms with Gasteiger partial charge in [0.25, 0.3) is 0 Å². The van der Waals surface area contributed by atoms with Gasteiger partial charge in [-0.05, 0) is 11.6 Å². The second-order valence-electron chi connectivity index (χ2n) is 3.26. The molecule has 0 radical (unpaired) electrons. The van der Waals surface area contributed by atoms with E-state index < -0.39 is 0 Å². The van der Waals surface area contributed by atoms with Gasteiger partial charge in [0, 0.05) is 11.6 Å². The maximum absolute atomic E-state index is 10.9. The normalized spacial score (nSPS) is 21.8. The van der Waals surface area contributed by atoms with E-state index in [1.54, 1.807) is 0 Å². The highest BCUT2D eigenvalue weighted by atomic mass is 35.5.